The number of pyridine rings is 1. The van der Waals surface area contributed by atoms with Crippen molar-refractivity contribution in [3.63, 3.8) is 0 Å². The number of hydrogen-bond acceptors (Lipinski definition) is 4. The second-order valence-electron chi connectivity index (χ2n) is 7.04. The summed E-state index contributed by atoms with van der Waals surface area (Å²) < 4.78 is 17.8. The van der Waals surface area contributed by atoms with E-state index in [1.165, 1.54) is 5.56 Å². The summed E-state index contributed by atoms with van der Waals surface area (Å²) >= 11 is 0. The molecule has 1 saturated heterocycles. The Hall–Kier alpha value is -1.91. The van der Waals surface area contributed by atoms with Crippen LogP contribution < -0.4 is 4.74 Å². The van der Waals surface area contributed by atoms with Crippen molar-refractivity contribution in [1.82, 2.24) is 4.98 Å². The quantitative estimate of drug-likeness (QED) is 0.822. The average Bonchev–Trinajstić information content (AvgIpc) is 3.14. The van der Waals surface area contributed by atoms with Gasteiger partial charge in [0, 0.05) is 25.2 Å². The molecule has 0 N–H and O–H groups in total. The van der Waals surface area contributed by atoms with Gasteiger partial charge < -0.3 is 14.2 Å². The van der Waals surface area contributed by atoms with Gasteiger partial charge in [0.1, 0.15) is 5.75 Å². The molecular formula is C21H25NO3. The van der Waals surface area contributed by atoms with E-state index in [1.807, 2.05) is 12.1 Å². The summed E-state index contributed by atoms with van der Waals surface area (Å²) in [5, 5.41) is 0. The van der Waals surface area contributed by atoms with Crippen molar-refractivity contribution < 1.29 is 14.2 Å². The van der Waals surface area contributed by atoms with Crippen LogP contribution in [0.1, 0.15) is 37.7 Å². The lowest BCUT2D eigenvalue weighted by Crippen LogP contribution is -2.42. The van der Waals surface area contributed by atoms with Crippen molar-refractivity contribution in [3.05, 3.63) is 60.4 Å². The maximum Gasteiger partial charge on any atom is 0.168 e. The van der Waals surface area contributed by atoms with E-state index in [0.29, 0.717) is 6.61 Å². The summed E-state index contributed by atoms with van der Waals surface area (Å²) in [5.41, 5.74) is 1.54. The van der Waals surface area contributed by atoms with Crippen LogP contribution in [0.2, 0.25) is 0 Å². The molecule has 1 saturated carbocycles. The largest absolute Gasteiger partial charge is 0.493 e. The Labute approximate surface area is 149 Å². The molecule has 0 unspecified atom stereocenters. The molecule has 0 radical (unpaired) electrons. The molecule has 2 fully saturated rings. The Morgan fingerprint density at radius 2 is 1.56 bits per heavy atom. The molecule has 4 rings (SSSR count). The van der Waals surface area contributed by atoms with Crippen LogP contribution in [0.3, 0.4) is 0 Å². The SMILES string of the molecule is c1ccc(C2(CCOc3ccncc3)CCC3(CC2)OCCO3)cc1. The molecule has 0 bridgehead atoms. The van der Waals surface area contributed by atoms with E-state index < -0.39 is 0 Å². The highest BCUT2D eigenvalue weighted by molar-refractivity contribution is 5.27. The van der Waals surface area contributed by atoms with Crippen LogP contribution in [-0.2, 0) is 14.9 Å². The van der Waals surface area contributed by atoms with Crippen LogP contribution in [0.4, 0.5) is 0 Å². The zero-order chi connectivity index (χ0) is 17.0. The third-order valence-corrected chi connectivity index (χ3v) is 5.67. The van der Waals surface area contributed by atoms with Gasteiger partial charge in [-0.2, -0.15) is 0 Å². The number of hydrogen-bond donors (Lipinski definition) is 0. The molecule has 1 aromatic carbocycles. The number of nitrogens with zero attached hydrogens (tertiary/aromatic N) is 1. The van der Waals surface area contributed by atoms with Gasteiger partial charge in [-0.3, -0.25) is 4.98 Å². The third-order valence-electron chi connectivity index (χ3n) is 5.67. The smallest absolute Gasteiger partial charge is 0.168 e. The highest BCUT2D eigenvalue weighted by atomic mass is 16.7. The number of aromatic nitrogens is 1. The second kappa shape index (κ2) is 7.14. The van der Waals surface area contributed by atoms with Crippen LogP contribution in [0.15, 0.2) is 54.9 Å². The zero-order valence-electron chi connectivity index (χ0n) is 14.5. The van der Waals surface area contributed by atoms with E-state index in [0.717, 1.165) is 51.1 Å². The van der Waals surface area contributed by atoms with Crippen molar-refractivity contribution in [2.75, 3.05) is 19.8 Å². The van der Waals surface area contributed by atoms with Crippen molar-refractivity contribution in [2.45, 2.75) is 43.3 Å². The molecule has 4 heteroatoms. The lowest BCUT2D eigenvalue weighted by molar-refractivity contribution is -0.185. The predicted octanol–water partition coefficient (Wildman–Crippen LogP) is 4.11. The van der Waals surface area contributed by atoms with E-state index in [9.17, 15) is 0 Å². The predicted molar refractivity (Wildman–Crippen MR) is 95.6 cm³/mol. The van der Waals surface area contributed by atoms with Crippen molar-refractivity contribution >= 4 is 0 Å². The van der Waals surface area contributed by atoms with Crippen LogP contribution in [-0.4, -0.2) is 30.6 Å². The molecule has 1 aliphatic heterocycles. The van der Waals surface area contributed by atoms with Crippen LogP contribution in [0, 0.1) is 0 Å². The number of benzene rings is 1. The molecule has 4 nitrogen and oxygen atoms in total. The van der Waals surface area contributed by atoms with Gasteiger partial charge in [0.2, 0.25) is 0 Å². The number of rotatable bonds is 5. The van der Waals surface area contributed by atoms with Crippen LogP contribution >= 0.6 is 0 Å². The Bertz CT molecular complexity index is 658. The van der Waals surface area contributed by atoms with Gasteiger partial charge in [0.05, 0.1) is 19.8 Å². The molecular weight excluding hydrogens is 314 g/mol. The summed E-state index contributed by atoms with van der Waals surface area (Å²) in [5.74, 6) is 0.553. The first-order valence-corrected chi connectivity index (χ1v) is 9.17. The summed E-state index contributed by atoms with van der Waals surface area (Å²) in [6.45, 7) is 2.15. The summed E-state index contributed by atoms with van der Waals surface area (Å²) in [6, 6.07) is 14.7. The third kappa shape index (κ3) is 3.55. The van der Waals surface area contributed by atoms with Crippen LogP contribution in [0.25, 0.3) is 0 Å². The Kier molecular flexibility index (Phi) is 4.73. The fourth-order valence-electron chi connectivity index (χ4n) is 4.17. The number of ether oxygens (including phenoxy) is 3. The van der Waals surface area contributed by atoms with Gasteiger partial charge in [-0.1, -0.05) is 30.3 Å². The van der Waals surface area contributed by atoms with E-state index in [1.54, 1.807) is 12.4 Å². The first-order valence-electron chi connectivity index (χ1n) is 9.17. The van der Waals surface area contributed by atoms with Gasteiger partial charge in [-0.05, 0) is 42.4 Å². The molecule has 1 aliphatic carbocycles. The monoisotopic (exact) mass is 339 g/mol. The molecule has 132 valence electrons. The topological polar surface area (TPSA) is 40.6 Å². The molecule has 0 atom stereocenters. The van der Waals surface area contributed by atoms with Gasteiger partial charge in [-0.15, -0.1) is 0 Å². The van der Waals surface area contributed by atoms with Gasteiger partial charge >= 0.3 is 0 Å². The average molecular weight is 339 g/mol. The maximum absolute atomic E-state index is 5.97. The van der Waals surface area contributed by atoms with Crippen molar-refractivity contribution in [3.8, 4) is 5.75 Å². The standard InChI is InChI=1S/C21H25NO3/c1-2-4-18(5-3-1)20(12-15-23-19-6-13-22-14-7-19)8-10-21(11-9-20)24-16-17-25-21/h1-7,13-14H,8-12,15-17H2. The van der Waals surface area contributed by atoms with Gasteiger partial charge in [0.15, 0.2) is 5.79 Å². The fraction of sp³-hybridized carbons (Fsp3) is 0.476. The van der Waals surface area contributed by atoms with E-state index in [4.69, 9.17) is 14.2 Å². The summed E-state index contributed by atoms with van der Waals surface area (Å²) in [7, 11) is 0. The second-order valence-corrected chi connectivity index (χ2v) is 7.04. The minimum atomic E-state index is -0.329. The molecule has 2 aliphatic rings. The highest BCUT2D eigenvalue weighted by Crippen LogP contribution is 2.48. The Balaban J connectivity index is 1.47. The molecule has 1 spiro atoms. The van der Waals surface area contributed by atoms with Crippen molar-refractivity contribution in [1.29, 1.82) is 0 Å². The maximum atomic E-state index is 5.97. The van der Waals surface area contributed by atoms with Crippen LogP contribution in [0.5, 0.6) is 5.75 Å². The Morgan fingerprint density at radius 3 is 2.24 bits per heavy atom. The molecule has 0 amide bonds. The summed E-state index contributed by atoms with van der Waals surface area (Å²) in [6.07, 6.45) is 8.57. The van der Waals surface area contributed by atoms with E-state index in [2.05, 4.69) is 35.3 Å². The van der Waals surface area contributed by atoms with Gasteiger partial charge in [-0.25, -0.2) is 0 Å². The van der Waals surface area contributed by atoms with Crippen molar-refractivity contribution in [2.24, 2.45) is 0 Å². The minimum Gasteiger partial charge on any atom is -0.493 e. The first-order chi connectivity index (χ1) is 12.3. The first kappa shape index (κ1) is 16.6. The van der Waals surface area contributed by atoms with Gasteiger partial charge in [0.25, 0.3) is 0 Å². The summed E-state index contributed by atoms with van der Waals surface area (Å²) in [4.78, 5) is 4.04. The normalized spacial score (nSPS) is 21.3. The lowest BCUT2D eigenvalue weighted by atomic mass is 9.66. The van der Waals surface area contributed by atoms with E-state index in [-0.39, 0.29) is 11.2 Å². The Morgan fingerprint density at radius 1 is 0.880 bits per heavy atom. The molecule has 2 heterocycles. The fourth-order valence-corrected chi connectivity index (χ4v) is 4.17. The highest BCUT2D eigenvalue weighted by Gasteiger charge is 2.46. The minimum absolute atomic E-state index is 0.134. The molecule has 1 aromatic heterocycles. The zero-order valence-corrected chi connectivity index (χ0v) is 14.5. The lowest BCUT2D eigenvalue weighted by Gasteiger charge is -2.44. The molecule has 25 heavy (non-hydrogen) atoms. The molecule has 2 aromatic rings. The van der Waals surface area contributed by atoms with E-state index >= 15 is 0 Å².